The van der Waals surface area contributed by atoms with Crippen LogP contribution in [0.5, 0.6) is 0 Å². The van der Waals surface area contributed by atoms with Gasteiger partial charge in [-0.05, 0) is 32.0 Å². The Kier molecular flexibility index (Phi) is 8.26. The Bertz CT molecular complexity index is 324. The molecular weight excluding hydrogens is 236 g/mol. The van der Waals surface area contributed by atoms with Crippen molar-refractivity contribution in [1.82, 2.24) is 5.32 Å². The van der Waals surface area contributed by atoms with Gasteiger partial charge in [0.2, 0.25) is 0 Å². The van der Waals surface area contributed by atoms with E-state index in [1.807, 2.05) is 12.1 Å². The molecule has 0 fully saturated rings. The van der Waals surface area contributed by atoms with Gasteiger partial charge in [-0.3, -0.25) is 0 Å². The third-order valence-corrected chi connectivity index (χ3v) is 3.18. The second-order valence-electron chi connectivity index (χ2n) is 5.17. The zero-order valence-electron chi connectivity index (χ0n) is 12.3. The number of hydrogen-bond donors (Lipinski definition) is 3. The van der Waals surface area contributed by atoms with Gasteiger partial charge < -0.3 is 15.7 Å². The Labute approximate surface area is 117 Å². The van der Waals surface area contributed by atoms with Gasteiger partial charge in [-0.25, -0.2) is 0 Å². The summed E-state index contributed by atoms with van der Waals surface area (Å²) in [7, 11) is 0. The number of hydrogen-bond acceptors (Lipinski definition) is 3. The second-order valence-corrected chi connectivity index (χ2v) is 5.17. The molecule has 0 spiro atoms. The Morgan fingerprint density at radius 1 is 1.05 bits per heavy atom. The van der Waals surface area contributed by atoms with Crippen molar-refractivity contribution >= 4 is 5.69 Å². The zero-order valence-corrected chi connectivity index (χ0v) is 12.3. The van der Waals surface area contributed by atoms with Gasteiger partial charge >= 0.3 is 0 Å². The highest BCUT2D eigenvalue weighted by Gasteiger charge is 2.02. The minimum absolute atomic E-state index is 0.340. The number of nitrogens with one attached hydrogen (secondary N) is 2. The molecule has 0 aliphatic rings. The van der Waals surface area contributed by atoms with Crippen LogP contribution in [0.15, 0.2) is 24.3 Å². The van der Waals surface area contributed by atoms with E-state index in [0.717, 1.165) is 12.2 Å². The third kappa shape index (κ3) is 7.85. The number of aryl methyl sites for hydroxylation is 1. The van der Waals surface area contributed by atoms with Crippen molar-refractivity contribution in [2.24, 2.45) is 0 Å². The lowest BCUT2D eigenvalue weighted by molar-refractivity contribution is 0.184. The lowest BCUT2D eigenvalue weighted by atomic mass is 10.2. The molecule has 0 aliphatic carbocycles. The summed E-state index contributed by atoms with van der Waals surface area (Å²) in [6.07, 6.45) is 4.71. The fourth-order valence-corrected chi connectivity index (χ4v) is 1.92. The number of aliphatic hydroxyl groups is 1. The van der Waals surface area contributed by atoms with E-state index in [9.17, 15) is 5.11 Å². The van der Waals surface area contributed by atoms with Crippen LogP contribution in [-0.4, -0.2) is 30.8 Å². The van der Waals surface area contributed by atoms with Crippen LogP contribution in [-0.2, 0) is 0 Å². The number of benzene rings is 1. The lowest BCUT2D eigenvalue weighted by Crippen LogP contribution is -2.32. The average Bonchev–Trinajstić information content (AvgIpc) is 2.42. The highest BCUT2D eigenvalue weighted by atomic mass is 16.3. The Balaban J connectivity index is 2.04. The molecule has 0 amide bonds. The molecule has 0 heterocycles. The van der Waals surface area contributed by atoms with E-state index in [0.29, 0.717) is 13.1 Å². The van der Waals surface area contributed by atoms with E-state index in [1.165, 1.54) is 31.2 Å². The number of unbranched alkanes of at least 4 members (excludes halogenated alkanes) is 3. The maximum Gasteiger partial charge on any atom is 0.0836 e. The molecule has 0 saturated heterocycles. The van der Waals surface area contributed by atoms with E-state index in [4.69, 9.17) is 0 Å². The normalized spacial score (nSPS) is 12.4. The van der Waals surface area contributed by atoms with Crippen molar-refractivity contribution in [3.8, 4) is 0 Å². The smallest absolute Gasteiger partial charge is 0.0836 e. The van der Waals surface area contributed by atoms with Gasteiger partial charge in [-0.1, -0.05) is 43.9 Å². The van der Waals surface area contributed by atoms with Gasteiger partial charge in [-0.2, -0.15) is 0 Å². The summed E-state index contributed by atoms with van der Waals surface area (Å²) in [5, 5.41) is 16.4. The van der Waals surface area contributed by atoms with E-state index in [-0.39, 0.29) is 6.10 Å². The summed E-state index contributed by atoms with van der Waals surface area (Å²) >= 11 is 0. The summed E-state index contributed by atoms with van der Waals surface area (Å²) < 4.78 is 0. The van der Waals surface area contributed by atoms with Crippen LogP contribution in [0.4, 0.5) is 5.69 Å². The standard InChI is InChI=1S/C16H28N2O/c1-3-4-5-6-11-17-12-16(19)13-18-15-9-7-14(2)8-10-15/h7-10,16-19H,3-6,11-13H2,1-2H3. The van der Waals surface area contributed by atoms with Crippen molar-refractivity contribution in [3.63, 3.8) is 0 Å². The van der Waals surface area contributed by atoms with Crippen molar-refractivity contribution in [1.29, 1.82) is 0 Å². The molecule has 1 unspecified atom stereocenters. The predicted octanol–water partition coefficient (Wildman–Crippen LogP) is 2.94. The number of rotatable bonds is 10. The molecule has 1 aromatic rings. The van der Waals surface area contributed by atoms with Crippen molar-refractivity contribution < 1.29 is 5.11 Å². The minimum Gasteiger partial charge on any atom is -0.390 e. The Morgan fingerprint density at radius 3 is 2.47 bits per heavy atom. The summed E-state index contributed by atoms with van der Waals surface area (Å²) in [5.74, 6) is 0. The van der Waals surface area contributed by atoms with Gasteiger partial charge in [0.15, 0.2) is 0 Å². The summed E-state index contributed by atoms with van der Waals surface area (Å²) in [6.45, 7) is 6.53. The molecule has 3 heteroatoms. The molecule has 0 bridgehead atoms. The average molecular weight is 264 g/mol. The molecule has 1 atom stereocenters. The second kappa shape index (κ2) is 9.82. The molecule has 3 N–H and O–H groups in total. The van der Waals surface area contributed by atoms with E-state index >= 15 is 0 Å². The lowest BCUT2D eigenvalue weighted by Gasteiger charge is -2.13. The minimum atomic E-state index is -0.340. The molecule has 0 radical (unpaired) electrons. The first kappa shape index (κ1) is 16.0. The van der Waals surface area contributed by atoms with Crippen LogP contribution in [0.3, 0.4) is 0 Å². The van der Waals surface area contributed by atoms with Crippen molar-refractivity contribution in [3.05, 3.63) is 29.8 Å². The van der Waals surface area contributed by atoms with Crippen molar-refractivity contribution in [2.75, 3.05) is 25.0 Å². The van der Waals surface area contributed by atoms with Crippen molar-refractivity contribution in [2.45, 2.75) is 45.6 Å². The van der Waals surface area contributed by atoms with E-state index < -0.39 is 0 Å². The largest absolute Gasteiger partial charge is 0.390 e. The van der Waals surface area contributed by atoms with Gasteiger partial charge in [-0.15, -0.1) is 0 Å². The zero-order chi connectivity index (χ0) is 13.9. The summed E-state index contributed by atoms with van der Waals surface area (Å²) in [5.41, 5.74) is 2.31. The van der Waals surface area contributed by atoms with Crippen LogP contribution in [0.2, 0.25) is 0 Å². The number of anilines is 1. The van der Waals surface area contributed by atoms with Gasteiger partial charge in [0.1, 0.15) is 0 Å². The highest BCUT2D eigenvalue weighted by molar-refractivity contribution is 5.44. The molecular formula is C16H28N2O. The van der Waals surface area contributed by atoms with Crippen LogP contribution in [0, 0.1) is 6.92 Å². The molecule has 19 heavy (non-hydrogen) atoms. The quantitative estimate of drug-likeness (QED) is 0.569. The summed E-state index contributed by atoms with van der Waals surface area (Å²) in [4.78, 5) is 0. The molecule has 1 aromatic carbocycles. The molecule has 0 aromatic heterocycles. The van der Waals surface area contributed by atoms with E-state index in [2.05, 4.69) is 36.6 Å². The van der Waals surface area contributed by atoms with Gasteiger partial charge in [0.25, 0.3) is 0 Å². The van der Waals surface area contributed by atoms with Crippen LogP contribution < -0.4 is 10.6 Å². The van der Waals surface area contributed by atoms with Crippen LogP contribution in [0.25, 0.3) is 0 Å². The maximum atomic E-state index is 9.84. The molecule has 3 nitrogen and oxygen atoms in total. The SMILES string of the molecule is CCCCCCNCC(O)CNc1ccc(C)cc1. The Morgan fingerprint density at radius 2 is 1.79 bits per heavy atom. The molecule has 0 saturated carbocycles. The fourth-order valence-electron chi connectivity index (χ4n) is 1.92. The van der Waals surface area contributed by atoms with Gasteiger partial charge in [0, 0.05) is 18.8 Å². The third-order valence-electron chi connectivity index (χ3n) is 3.18. The monoisotopic (exact) mass is 264 g/mol. The van der Waals surface area contributed by atoms with E-state index in [1.54, 1.807) is 0 Å². The first-order chi connectivity index (χ1) is 9.22. The molecule has 0 aliphatic heterocycles. The van der Waals surface area contributed by atoms with Gasteiger partial charge in [0.05, 0.1) is 6.10 Å². The maximum absolute atomic E-state index is 9.84. The highest BCUT2D eigenvalue weighted by Crippen LogP contribution is 2.08. The first-order valence-electron chi connectivity index (χ1n) is 7.41. The predicted molar refractivity (Wildman–Crippen MR) is 82.7 cm³/mol. The molecule has 108 valence electrons. The van der Waals surface area contributed by atoms with Crippen LogP contribution in [0.1, 0.15) is 38.2 Å². The summed E-state index contributed by atoms with van der Waals surface area (Å²) in [6, 6.07) is 8.22. The number of aliphatic hydroxyl groups excluding tert-OH is 1. The topological polar surface area (TPSA) is 44.3 Å². The fraction of sp³-hybridized carbons (Fsp3) is 0.625. The molecule has 1 rings (SSSR count). The van der Waals surface area contributed by atoms with Crippen LogP contribution >= 0.6 is 0 Å². The Hall–Kier alpha value is -1.06. The first-order valence-corrected chi connectivity index (χ1v) is 7.41.